The number of nitrogens with zero attached hydrogens (tertiary/aromatic N) is 3. The summed E-state index contributed by atoms with van der Waals surface area (Å²) in [4.78, 5) is 18.4. The summed E-state index contributed by atoms with van der Waals surface area (Å²) in [5.74, 6) is 1.91. The second kappa shape index (κ2) is 11.2. The van der Waals surface area contributed by atoms with Crippen molar-refractivity contribution in [3.63, 3.8) is 0 Å². The molecular formula is C15H21N7O4S2. The minimum absolute atomic E-state index is 0.0347. The Labute approximate surface area is 169 Å². The molecule has 0 fully saturated rings. The highest BCUT2D eigenvalue weighted by atomic mass is 32.2. The molecule has 1 atom stereocenters. The van der Waals surface area contributed by atoms with E-state index in [9.17, 15) is 15.2 Å². The number of thiazole rings is 1. The molecule has 152 valence electrons. The zero-order valence-corrected chi connectivity index (χ0v) is 16.4. The molecule has 7 N–H and O–H groups in total. The van der Waals surface area contributed by atoms with Gasteiger partial charge in [-0.3, -0.25) is 10.1 Å². The lowest BCUT2D eigenvalue weighted by Gasteiger charge is -2.13. The average Bonchev–Trinajstić information content (AvgIpc) is 3.30. The summed E-state index contributed by atoms with van der Waals surface area (Å²) < 4.78 is 5.09. The molecule has 2 aromatic rings. The Morgan fingerprint density at radius 1 is 1.54 bits per heavy atom. The number of aliphatic hydroxyl groups excluding tert-OH is 1. The fourth-order valence-electron chi connectivity index (χ4n) is 2.01. The zero-order chi connectivity index (χ0) is 20.4. The molecule has 1 unspecified atom stereocenters. The van der Waals surface area contributed by atoms with E-state index in [0.29, 0.717) is 28.9 Å². The summed E-state index contributed by atoms with van der Waals surface area (Å²) in [6.07, 6.45) is 1.36. The number of hydrogen-bond acceptors (Lipinski definition) is 10. The van der Waals surface area contributed by atoms with Gasteiger partial charge >= 0.3 is 0 Å². The maximum absolute atomic E-state index is 10.8. The lowest BCUT2D eigenvalue weighted by Crippen LogP contribution is -2.31. The van der Waals surface area contributed by atoms with E-state index in [1.807, 2.05) is 5.38 Å². The third-order valence-corrected chi connectivity index (χ3v) is 4.94. The first-order chi connectivity index (χ1) is 13.4. The zero-order valence-electron chi connectivity index (χ0n) is 14.8. The Bertz CT molecular complexity index is 803. The van der Waals surface area contributed by atoms with Crippen LogP contribution in [0.1, 0.15) is 17.6 Å². The largest absolute Gasteiger partial charge is 0.467 e. The van der Waals surface area contributed by atoms with Gasteiger partial charge in [0.05, 0.1) is 16.9 Å². The third-order valence-electron chi connectivity index (χ3n) is 3.17. The molecular weight excluding hydrogens is 406 g/mol. The van der Waals surface area contributed by atoms with Crippen LogP contribution in [0.3, 0.4) is 0 Å². The van der Waals surface area contributed by atoms with Crippen molar-refractivity contribution in [3.8, 4) is 0 Å². The van der Waals surface area contributed by atoms with Gasteiger partial charge in [0.15, 0.2) is 11.8 Å². The number of nitrogens with two attached hydrogens (primary N) is 2. The molecule has 0 saturated carbocycles. The second-order valence-electron chi connectivity index (χ2n) is 5.38. The molecule has 0 aliphatic heterocycles. The van der Waals surface area contributed by atoms with Gasteiger partial charge in [-0.05, 0) is 12.1 Å². The van der Waals surface area contributed by atoms with E-state index >= 15 is 0 Å². The Balaban J connectivity index is 1.72. The summed E-state index contributed by atoms with van der Waals surface area (Å²) in [5.41, 5.74) is 11.5. The van der Waals surface area contributed by atoms with Crippen molar-refractivity contribution in [3.05, 3.63) is 57.4 Å². The fourth-order valence-corrected chi connectivity index (χ4v) is 3.57. The van der Waals surface area contributed by atoms with E-state index < -0.39 is 11.0 Å². The van der Waals surface area contributed by atoms with Gasteiger partial charge in [0.25, 0.3) is 6.20 Å². The molecule has 0 bridgehead atoms. The van der Waals surface area contributed by atoms with Crippen LogP contribution < -0.4 is 22.1 Å². The number of furan rings is 1. The van der Waals surface area contributed by atoms with Crippen molar-refractivity contribution >= 4 is 34.2 Å². The molecule has 0 aliphatic rings. The molecule has 0 aromatic carbocycles. The van der Waals surface area contributed by atoms with E-state index in [4.69, 9.17) is 15.9 Å². The Kier molecular flexibility index (Phi) is 8.58. The van der Waals surface area contributed by atoms with E-state index in [1.165, 1.54) is 17.6 Å². The summed E-state index contributed by atoms with van der Waals surface area (Å²) in [5, 5.41) is 28.9. The molecule has 11 nitrogen and oxygen atoms in total. The number of aromatic nitrogens is 1. The van der Waals surface area contributed by atoms with E-state index in [0.717, 1.165) is 11.9 Å². The summed E-state index contributed by atoms with van der Waals surface area (Å²) >= 11 is 2.95. The Morgan fingerprint density at radius 2 is 2.36 bits per heavy atom. The van der Waals surface area contributed by atoms with Crippen molar-refractivity contribution < 1.29 is 14.4 Å². The molecule has 0 aliphatic carbocycles. The first kappa shape index (κ1) is 21.5. The average molecular weight is 428 g/mol. The minimum atomic E-state index is -0.912. The minimum Gasteiger partial charge on any atom is -0.467 e. The maximum atomic E-state index is 10.8. The fraction of sp³-hybridized carbons (Fsp3) is 0.333. The number of hydrogen-bond donors (Lipinski definition) is 5. The highest BCUT2D eigenvalue weighted by Gasteiger charge is 2.12. The van der Waals surface area contributed by atoms with Gasteiger partial charge in [-0.1, -0.05) is 0 Å². The highest BCUT2D eigenvalue weighted by molar-refractivity contribution is 7.98. The van der Waals surface area contributed by atoms with Gasteiger partial charge in [0.2, 0.25) is 5.13 Å². The van der Waals surface area contributed by atoms with Gasteiger partial charge in [0, 0.05) is 30.0 Å². The Hall–Kier alpha value is -2.77. The molecule has 2 rings (SSSR count). The van der Waals surface area contributed by atoms with Crippen LogP contribution in [0.25, 0.3) is 0 Å². The van der Waals surface area contributed by atoms with Crippen molar-refractivity contribution in [1.29, 1.82) is 0 Å². The SMILES string of the molecule is NC(N)=Nc1nc(CSCCN/C(=C/[N+](=O)[O-])NCC(O)c2ccco2)cs1. The monoisotopic (exact) mass is 427 g/mol. The van der Waals surface area contributed by atoms with Crippen LogP contribution in [0.4, 0.5) is 5.13 Å². The molecule has 0 saturated heterocycles. The third kappa shape index (κ3) is 7.85. The van der Waals surface area contributed by atoms with Gasteiger partial charge in [-0.25, -0.2) is 4.98 Å². The van der Waals surface area contributed by atoms with Gasteiger partial charge < -0.3 is 31.6 Å². The Morgan fingerprint density at radius 3 is 3.04 bits per heavy atom. The first-order valence-electron chi connectivity index (χ1n) is 8.10. The second-order valence-corrected chi connectivity index (χ2v) is 7.32. The van der Waals surface area contributed by atoms with Crippen molar-refractivity contribution in [2.24, 2.45) is 16.5 Å². The number of rotatable bonds is 12. The number of thioether (sulfide) groups is 1. The maximum Gasteiger partial charge on any atom is 0.274 e. The topological polar surface area (TPSA) is 178 Å². The van der Waals surface area contributed by atoms with Crippen LogP contribution in [0.5, 0.6) is 0 Å². The van der Waals surface area contributed by atoms with Crippen LogP contribution >= 0.6 is 23.1 Å². The van der Waals surface area contributed by atoms with E-state index in [1.54, 1.807) is 23.9 Å². The predicted molar refractivity (Wildman–Crippen MR) is 108 cm³/mol. The molecule has 0 radical (unpaired) electrons. The number of nitrogens with one attached hydrogen (secondary N) is 2. The van der Waals surface area contributed by atoms with Gasteiger partial charge in [-0.2, -0.15) is 16.8 Å². The number of aliphatic imine (C=N–C) groups is 1. The molecule has 2 aromatic heterocycles. The predicted octanol–water partition coefficient (Wildman–Crippen LogP) is 0.863. The van der Waals surface area contributed by atoms with Gasteiger partial charge in [-0.15, -0.1) is 11.3 Å². The van der Waals surface area contributed by atoms with Crippen LogP contribution in [0.15, 0.2) is 45.2 Å². The normalized spacial score (nSPS) is 12.4. The van der Waals surface area contributed by atoms with Crippen LogP contribution in [0.2, 0.25) is 0 Å². The van der Waals surface area contributed by atoms with Crippen LogP contribution in [-0.2, 0) is 5.75 Å². The number of aliphatic hydroxyl groups is 1. The quantitative estimate of drug-likeness (QED) is 0.107. The lowest BCUT2D eigenvalue weighted by atomic mass is 10.3. The van der Waals surface area contributed by atoms with Crippen molar-refractivity contribution in [2.75, 3.05) is 18.8 Å². The smallest absolute Gasteiger partial charge is 0.274 e. The highest BCUT2D eigenvalue weighted by Crippen LogP contribution is 2.21. The van der Waals surface area contributed by atoms with Crippen molar-refractivity contribution in [1.82, 2.24) is 15.6 Å². The molecule has 13 heteroatoms. The molecule has 2 heterocycles. The number of nitro groups is 1. The molecule has 0 amide bonds. The van der Waals surface area contributed by atoms with E-state index in [2.05, 4.69) is 20.6 Å². The van der Waals surface area contributed by atoms with E-state index in [-0.39, 0.29) is 18.3 Å². The summed E-state index contributed by atoms with van der Waals surface area (Å²) in [7, 11) is 0. The lowest BCUT2D eigenvalue weighted by molar-refractivity contribution is -0.404. The molecule has 0 spiro atoms. The number of guanidine groups is 1. The van der Waals surface area contributed by atoms with Crippen LogP contribution in [-0.4, -0.2) is 39.8 Å². The standard InChI is InChI=1S/C15H21N7O4S2/c16-14(17)21-15-20-10(9-28-15)8-27-5-3-18-13(7-22(24)25)19-6-11(23)12-2-1-4-26-12/h1-2,4,7,9,11,18-19,23H,3,5-6,8H2,(H4,16,17,20,21)/b13-7-. The van der Waals surface area contributed by atoms with Gasteiger partial charge in [0.1, 0.15) is 11.9 Å². The molecule has 28 heavy (non-hydrogen) atoms. The van der Waals surface area contributed by atoms with Crippen LogP contribution in [0, 0.1) is 10.1 Å². The van der Waals surface area contributed by atoms with Crippen molar-refractivity contribution in [2.45, 2.75) is 11.9 Å². The summed E-state index contributed by atoms with van der Waals surface area (Å²) in [6.45, 7) is 0.554. The first-order valence-corrected chi connectivity index (χ1v) is 10.1. The summed E-state index contributed by atoms with van der Waals surface area (Å²) in [6, 6.07) is 3.29.